The van der Waals surface area contributed by atoms with E-state index >= 15 is 0 Å². The van der Waals surface area contributed by atoms with E-state index < -0.39 is 6.62 Å². The summed E-state index contributed by atoms with van der Waals surface area (Å²) >= 11 is 7.77. The van der Waals surface area contributed by atoms with Crippen molar-refractivity contribution in [2.75, 3.05) is 6.61 Å². The number of benzene rings is 5. The van der Waals surface area contributed by atoms with Crippen LogP contribution < -0.4 is 25.4 Å². The minimum absolute atomic E-state index is 0.485. The number of halogens is 1. The molecule has 0 amide bonds. The Kier molecular flexibility index (Phi) is 8.44. The van der Waals surface area contributed by atoms with Crippen molar-refractivity contribution >= 4 is 33.8 Å². The highest BCUT2D eigenvalue weighted by Crippen LogP contribution is 2.61. The number of hydrogen-bond acceptors (Lipinski definition) is 2. The molecule has 5 aromatic carbocycles. The lowest BCUT2D eigenvalue weighted by Gasteiger charge is -2.22. The Morgan fingerprint density at radius 3 is 1.79 bits per heavy atom. The lowest BCUT2D eigenvalue weighted by molar-refractivity contribution is 0.269. The quantitative estimate of drug-likeness (QED) is 0.170. The summed E-state index contributed by atoms with van der Waals surface area (Å²) in [6.07, 6.45) is 0.735. The molecular formula is C34H31ClO2P+. The molecule has 0 aliphatic carbocycles. The van der Waals surface area contributed by atoms with Crippen molar-refractivity contribution in [2.45, 2.75) is 20.0 Å². The molecule has 190 valence electrons. The van der Waals surface area contributed by atoms with E-state index in [2.05, 4.69) is 97.1 Å². The van der Waals surface area contributed by atoms with Gasteiger partial charge in [-0.25, -0.2) is 0 Å². The summed E-state index contributed by atoms with van der Waals surface area (Å²) in [7, 11) is 0. The summed E-state index contributed by atoms with van der Waals surface area (Å²) in [5.74, 6) is 1.51. The minimum Gasteiger partial charge on any atom is -0.490 e. The van der Waals surface area contributed by atoms with Gasteiger partial charge in [-0.15, -0.1) is 0 Å². The van der Waals surface area contributed by atoms with Gasteiger partial charge in [0.25, 0.3) is 0 Å². The zero-order chi connectivity index (χ0) is 26.2. The maximum Gasteiger partial charge on any atom is 0.210 e. The molecule has 0 aromatic heterocycles. The molecule has 2 nitrogen and oxygen atoms in total. The Hall–Kier alpha value is -3.58. The lowest BCUT2D eigenvalue weighted by atomic mass is 10.0. The van der Waals surface area contributed by atoms with Gasteiger partial charge < -0.3 is 9.47 Å². The Balaban J connectivity index is 1.52. The van der Waals surface area contributed by atoms with E-state index in [1.807, 2.05) is 43.3 Å². The SMILES string of the molecule is CCOc1ccc(Cc2ccccc2[P+](Cl)(c2ccccc2)c2ccccc2)cc1OCc1ccccc1. The Morgan fingerprint density at radius 2 is 1.16 bits per heavy atom. The van der Waals surface area contributed by atoms with E-state index in [0.717, 1.165) is 39.7 Å². The molecule has 4 heteroatoms. The van der Waals surface area contributed by atoms with Gasteiger partial charge >= 0.3 is 0 Å². The number of rotatable bonds is 10. The molecule has 0 atom stereocenters. The Morgan fingerprint density at radius 1 is 0.579 bits per heavy atom. The highest BCUT2D eigenvalue weighted by Gasteiger charge is 2.46. The van der Waals surface area contributed by atoms with Gasteiger partial charge in [0, 0.05) is 12.0 Å². The van der Waals surface area contributed by atoms with Crippen molar-refractivity contribution in [1.29, 1.82) is 0 Å². The van der Waals surface area contributed by atoms with Crippen molar-refractivity contribution in [2.24, 2.45) is 0 Å². The van der Waals surface area contributed by atoms with Crippen molar-refractivity contribution in [3.63, 3.8) is 0 Å². The van der Waals surface area contributed by atoms with Gasteiger partial charge in [0.05, 0.1) is 6.61 Å². The highest BCUT2D eigenvalue weighted by molar-refractivity contribution is 8.15. The van der Waals surface area contributed by atoms with E-state index in [0.29, 0.717) is 13.2 Å². The van der Waals surface area contributed by atoms with Crippen LogP contribution in [0.25, 0.3) is 0 Å². The molecule has 0 bridgehead atoms. The van der Waals surface area contributed by atoms with Crippen LogP contribution >= 0.6 is 17.9 Å². The maximum atomic E-state index is 7.77. The second-order valence-corrected chi connectivity index (χ2v) is 13.3. The van der Waals surface area contributed by atoms with Crippen LogP contribution in [0, 0.1) is 0 Å². The fourth-order valence-electron chi connectivity index (χ4n) is 4.66. The van der Waals surface area contributed by atoms with Gasteiger partial charge in [-0.2, -0.15) is 0 Å². The molecule has 0 aliphatic heterocycles. The third-order valence-electron chi connectivity index (χ3n) is 6.49. The van der Waals surface area contributed by atoms with Crippen LogP contribution in [0.5, 0.6) is 11.5 Å². The summed E-state index contributed by atoms with van der Waals surface area (Å²) in [6.45, 7) is 0.685. The van der Waals surface area contributed by atoms with E-state index in [-0.39, 0.29) is 0 Å². The molecule has 0 spiro atoms. The first-order chi connectivity index (χ1) is 18.7. The van der Waals surface area contributed by atoms with Crippen LogP contribution in [0.15, 0.2) is 133 Å². The fourth-order valence-corrected chi connectivity index (χ4v) is 8.69. The van der Waals surface area contributed by atoms with E-state index in [1.165, 1.54) is 10.9 Å². The zero-order valence-electron chi connectivity index (χ0n) is 21.5. The van der Waals surface area contributed by atoms with E-state index in [4.69, 9.17) is 20.7 Å². The zero-order valence-corrected chi connectivity index (χ0v) is 23.1. The van der Waals surface area contributed by atoms with Crippen LogP contribution in [-0.2, 0) is 13.0 Å². The minimum atomic E-state index is -2.37. The molecule has 0 saturated carbocycles. The second kappa shape index (κ2) is 12.3. The summed E-state index contributed by atoms with van der Waals surface area (Å²) in [4.78, 5) is 0. The first kappa shape index (κ1) is 26.0. The number of hydrogen-bond donors (Lipinski definition) is 0. The molecular weight excluding hydrogens is 507 g/mol. The van der Waals surface area contributed by atoms with E-state index in [1.54, 1.807) is 0 Å². The molecule has 0 heterocycles. The average Bonchev–Trinajstić information content (AvgIpc) is 2.98. The predicted molar refractivity (Wildman–Crippen MR) is 162 cm³/mol. The van der Waals surface area contributed by atoms with Gasteiger partial charge in [0.1, 0.15) is 33.8 Å². The van der Waals surface area contributed by atoms with Crippen molar-refractivity contribution in [3.8, 4) is 11.5 Å². The van der Waals surface area contributed by atoms with Gasteiger partial charge in [0.15, 0.2) is 11.5 Å². The molecule has 5 aromatic rings. The van der Waals surface area contributed by atoms with Crippen molar-refractivity contribution in [1.82, 2.24) is 0 Å². The summed E-state index contributed by atoms with van der Waals surface area (Å²) in [6, 6.07) is 46.0. The van der Waals surface area contributed by atoms with Crippen LogP contribution in [0.1, 0.15) is 23.6 Å². The largest absolute Gasteiger partial charge is 0.490 e. The lowest BCUT2D eigenvalue weighted by Crippen LogP contribution is -2.29. The summed E-state index contributed by atoms with van der Waals surface area (Å²) in [5.41, 5.74) is 3.48. The predicted octanol–water partition coefficient (Wildman–Crippen LogP) is 7.70. The first-order valence-electron chi connectivity index (χ1n) is 12.9. The standard InChI is InChI=1S/C34H31ClO2P/c1-2-36-32-23-22-28(25-33(32)37-26-27-14-6-3-7-15-27)24-29-16-12-13-21-34(29)38(35,30-17-8-4-9-18-30)31-19-10-5-11-20-31/h3-23,25H,2,24,26H2,1H3/q+1. The average molecular weight is 538 g/mol. The third kappa shape index (κ3) is 5.78. The molecule has 0 saturated heterocycles. The molecule has 0 radical (unpaired) electrons. The van der Waals surface area contributed by atoms with Gasteiger partial charge in [-0.3, -0.25) is 0 Å². The van der Waals surface area contributed by atoms with Crippen LogP contribution in [0.4, 0.5) is 0 Å². The molecule has 5 rings (SSSR count). The molecule has 0 N–H and O–H groups in total. The Bertz CT molecular complexity index is 1420. The number of ether oxygens (including phenoxy) is 2. The fraction of sp³-hybridized carbons (Fsp3) is 0.118. The van der Waals surface area contributed by atoms with Crippen molar-refractivity contribution < 1.29 is 9.47 Å². The molecule has 0 unspecified atom stereocenters. The van der Waals surface area contributed by atoms with Crippen LogP contribution in [-0.4, -0.2) is 6.61 Å². The summed E-state index contributed by atoms with van der Waals surface area (Å²) < 4.78 is 12.1. The Labute approximate surface area is 231 Å². The smallest absolute Gasteiger partial charge is 0.210 e. The van der Waals surface area contributed by atoms with Gasteiger partial charge in [0.2, 0.25) is 6.62 Å². The molecule has 0 fully saturated rings. The summed E-state index contributed by atoms with van der Waals surface area (Å²) in [5, 5.41) is 3.48. The first-order valence-corrected chi connectivity index (χ1v) is 15.6. The highest BCUT2D eigenvalue weighted by atomic mass is 35.7. The molecule has 38 heavy (non-hydrogen) atoms. The normalized spacial score (nSPS) is 11.2. The molecule has 0 aliphatic rings. The third-order valence-corrected chi connectivity index (χ3v) is 11.3. The van der Waals surface area contributed by atoms with Gasteiger partial charge in [-0.05, 0) is 60.5 Å². The van der Waals surface area contributed by atoms with Crippen LogP contribution in [0.3, 0.4) is 0 Å². The van der Waals surface area contributed by atoms with Gasteiger partial charge in [-0.1, -0.05) is 91.0 Å². The topological polar surface area (TPSA) is 18.5 Å². The van der Waals surface area contributed by atoms with E-state index in [9.17, 15) is 0 Å². The van der Waals surface area contributed by atoms with Crippen molar-refractivity contribution in [3.05, 3.63) is 150 Å². The maximum absolute atomic E-state index is 7.77. The van der Waals surface area contributed by atoms with Crippen LogP contribution in [0.2, 0.25) is 0 Å². The monoisotopic (exact) mass is 537 g/mol. The second-order valence-electron chi connectivity index (χ2n) is 9.05.